The zero-order valence-electron chi connectivity index (χ0n) is 5.84. The Labute approximate surface area is 60.2 Å². The fourth-order valence-corrected chi connectivity index (χ4v) is 1.44. The van der Waals surface area contributed by atoms with E-state index in [9.17, 15) is 0 Å². The van der Waals surface area contributed by atoms with E-state index in [1.807, 2.05) is 12.3 Å². The second-order valence-corrected chi connectivity index (χ2v) is 2.71. The molecule has 1 aromatic rings. The zero-order chi connectivity index (χ0) is 6.81. The molecule has 0 radical (unpaired) electrons. The minimum Gasteiger partial charge on any atom is -0.472 e. The molecule has 0 amide bonds. The SMILES string of the molecule is c1cc([C@@H]2CCCN2)co1. The Morgan fingerprint density at radius 2 is 2.60 bits per heavy atom. The molecular formula is C8H11NO. The number of hydrogen-bond acceptors (Lipinski definition) is 2. The fourth-order valence-electron chi connectivity index (χ4n) is 1.44. The van der Waals surface area contributed by atoms with Crippen molar-refractivity contribution in [1.82, 2.24) is 5.32 Å². The normalized spacial score (nSPS) is 25.4. The third-order valence-electron chi connectivity index (χ3n) is 2.01. The molecule has 1 fully saturated rings. The van der Waals surface area contributed by atoms with Gasteiger partial charge in [-0.3, -0.25) is 0 Å². The number of nitrogens with one attached hydrogen (secondary N) is 1. The highest BCUT2D eigenvalue weighted by molar-refractivity contribution is 5.12. The first-order valence-corrected chi connectivity index (χ1v) is 3.72. The van der Waals surface area contributed by atoms with E-state index in [1.165, 1.54) is 18.4 Å². The predicted molar refractivity (Wildman–Crippen MR) is 38.7 cm³/mol. The summed E-state index contributed by atoms with van der Waals surface area (Å²) in [7, 11) is 0. The summed E-state index contributed by atoms with van der Waals surface area (Å²) in [4.78, 5) is 0. The molecule has 1 N–H and O–H groups in total. The lowest BCUT2D eigenvalue weighted by molar-refractivity contribution is 0.553. The molecule has 0 saturated carbocycles. The molecule has 1 atom stereocenters. The molecular weight excluding hydrogens is 126 g/mol. The summed E-state index contributed by atoms with van der Waals surface area (Å²) in [5.74, 6) is 0. The Morgan fingerprint density at radius 1 is 1.60 bits per heavy atom. The van der Waals surface area contributed by atoms with Crippen LogP contribution in [0, 0.1) is 0 Å². The Kier molecular flexibility index (Phi) is 1.47. The third kappa shape index (κ3) is 0.948. The van der Waals surface area contributed by atoms with Crippen molar-refractivity contribution in [3.8, 4) is 0 Å². The molecule has 2 heteroatoms. The van der Waals surface area contributed by atoms with Crippen LogP contribution in [0.1, 0.15) is 24.4 Å². The smallest absolute Gasteiger partial charge is 0.0950 e. The van der Waals surface area contributed by atoms with Crippen LogP contribution < -0.4 is 5.32 Å². The molecule has 1 aliphatic heterocycles. The topological polar surface area (TPSA) is 25.2 Å². The zero-order valence-corrected chi connectivity index (χ0v) is 5.84. The van der Waals surface area contributed by atoms with Crippen LogP contribution in [0.15, 0.2) is 23.0 Å². The molecule has 2 nitrogen and oxygen atoms in total. The lowest BCUT2D eigenvalue weighted by Crippen LogP contribution is -2.11. The summed E-state index contributed by atoms with van der Waals surface area (Å²) in [6.07, 6.45) is 6.09. The van der Waals surface area contributed by atoms with Gasteiger partial charge in [0.2, 0.25) is 0 Å². The van der Waals surface area contributed by atoms with E-state index in [2.05, 4.69) is 5.32 Å². The van der Waals surface area contributed by atoms with Crippen molar-refractivity contribution in [2.45, 2.75) is 18.9 Å². The van der Waals surface area contributed by atoms with Crippen LogP contribution >= 0.6 is 0 Å². The van der Waals surface area contributed by atoms with Gasteiger partial charge in [-0.25, -0.2) is 0 Å². The van der Waals surface area contributed by atoms with Gasteiger partial charge in [-0.05, 0) is 25.5 Å². The van der Waals surface area contributed by atoms with Gasteiger partial charge < -0.3 is 9.73 Å². The molecule has 0 aromatic carbocycles. The lowest BCUT2D eigenvalue weighted by atomic mass is 10.1. The summed E-state index contributed by atoms with van der Waals surface area (Å²) in [6, 6.07) is 2.59. The highest BCUT2D eigenvalue weighted by Gasteiger charge is 2.16. The molecule has 1 aromatic heterocycles. The van der Waals surface area contributed by atoms with Crippen LogP contribution in [-0.2, 0) is 0 Å². The van der Waals surface area contributed by atoms with E-state index < -0.39 is 0 Å². The van der Waals surface area contributed by atoms with E-state index in [4.69, 9.17) is 4.42 Å². The standard InChI is InChI=1S/C8H11NO/c1-2-8(9-4-1)7-3-5-10-6-7/h3,5-6,8-9H,1-2,4H2/t8-/m0/s1. The molecule has 2 heterocycles. The summed E-state index contributed by atoms with van der Waals surface area (Å²) in [5.41, 5.74) is 1.29. The molecule has 0 aliphatic carbocycles. The molecule has 0 spiro atoms. The number of furan rings is 1. The van der Waals surface area contributed by atoms with Gasteiger partial charge in [0.25, 0.3) is 0 Å². The van der Waals surface area contributed by atoms with E-state index >= 15 is 0 Å². The predicted octanol–water partition coefficient (Wildman–Crippen LogP) is 1.70. The average molecular weight is 137 g/mol. The lowest BCUT2D eigenvalue weighted by Gasteiger charge is -2.04. The van der Waals surface area contributed by atoms with Crippen LogP contribution in [-0.4, -0.2) is 6.54 Å². The van der Waals surface area contributed by atoms with Crippen LogP contribution in [0.5, 0.6) is 0 Å². The maximum Gasteiger partial charge on any atom is 0.0950 e. The van der Waals surface area contributed by atoms with E-state index in [-0.39, 0.29) is 0 Å². The first-order chi connectivity index (χ1) is 4.97. The maximum absolute atomic E-state index is 4.99. The van der Waals surface area contributed by atoms with Gasteiger partial charge in [0, 0.05) is 11.6 Å². The van der Waals surface area contributed by atoms with Gasteiger partial charge >= 0.3 is 0 Å². The van der Waals surface area contributed by atoms with Gasteiger partial charge in [-0.2, -0.15) is 0 Å². The average Bonchev–Trinajstić information content (AvgIpc) is 2.59. The van der Waals surface area contributed by atoms with Crippen molar-refractivity contribution >= 4 is 0 Å². The first kappa shape index (κ1) is 5.98. The third-order valence-corrected chi connectivity index (χ3v) is 2.01. The van der Waals surface area contributed by atoms with Crippen LogP contribution in [0.25, 0.3) is 0 Å². The van der Waals surface area contributed by atoms with Crippen LogP contribution in [0.2, 0.25) is 0 Å². The van der Waals surface area contributed by atoms with Crippen molar-refractivity contribution in [2.24, 2.45) is 0 Å². The fraction of sp³-hybridized carbons (Fsp3) is 0.500. The maximum atomic E-state index is 4.99. The molecule has 54 valence electrons. The summed E-state index contributed by atoms with van der Waals surface area (Å²) in [5, 5.41) is 3.40. The second kappa shape index (κ2) is 2.46. The largest absolute Gasteiger partial charge is 0.472 e. The monoisotopic (exact) mass is 137 g/mol. The Bertz CT molecular complexity index is 187. The van der Waals surface area contributed by atoms with Crippen molar-refractivity contribution in [3.05, 3.63) is 24.2 Å². The molecule has 1 aliphatic rings. The van der Waals surface area contributed by atoms with Crippen LogP contribution in [0.3, 0.4) is 0 Å². The van der Waals surface area contributed by atoms with Gasteiger partial charge in [0.05, 0.1) is 12.5 Å². The van der Waals surface area contributed by atoms with E-state index in [0.717, 1.165) is 6.54 Å². The molecule has 1 saturated heterocycles. The van der Waals surface area contributed by atoms with Gasteiger partial charge in [0.15, 0.2) is 0 Å². The summed E-state index contributed by atoms with van der Waals surface area (Å²) in [6.45, 7) is 1.15. The van der Waals surface area contributed by atoms with Gasteiger partial charge in [-0.15, -0.1) is 0 Å². The second-order valence-electron chi connectivity index (χ2n) is 2.71. The van der Waals surface area contributed by atoms with Crippen molar-refractivity contribution < 1.29 is 4.42 Å². The van der Waals surface area contributed by atoms with Crippen molar-refractivity contribution in [3.63, 3.8) is 0 Å². The number of rotatable bonds is 1. The molecule has 10 heavy (non-hydrogen) atoms. The molecule has 2 rings (SSSR count). The van der Waals surface area contributed by atoms with Crippen molar-refractivity contribution in [2.75, 3.05) is 6.54 Å². The quantitative estimate of drug-likeness (QED) is 0.637. The highest BCUT2D eigenvalue weighted by atomic mass is 16.3. The summed E-state index contributed by atoms with van der Waals surface area (Å²) >= 11 is 0. The van der Waals surface area contributed by atoms with E-state index in [0.29, 0.717) is 6.04 Å². The Hall–Kier alpha value is -0.760. The minimum absolute atomic E-state index is 0.554. The molecule has 0 unspecified atom stereocenters. The number of hydrogen-bond donors (Lipinski definition) is 1. The minimum atomic E-state index is 0.554. The van der Waals surface area contributed by atoms with Crippen LogP contribution in [0.4, 0.5) is 0 Å². The molecule has 0 bridgehead atoms. The Balaban J connectivity index is 2.12. The Morgan fingerprint density at radius 3 is 3.20 bits per heavy atom. The van der Waals surface area contributed by atoms with E-state index in [1.54, 1.807) is 6.26 Å². The van der Waals surface area contributed by atoms with Gasteiger partial charge in [-0.1, -0.05) is 0 Å². The van der Waals surface area contributed by atoms with Gasteiger partial charge in [0.1, 0.15) is 0 Å². The highest BCUT2D eigenvalue weighted by Crippen LogP contribution is 2.22. The summed E-state index contributed by atoms with van der Waals surface area (Å²) < 4.78 is 4.99. The first-order valence-electron chi connectivity index (χ1n) is 3.72. The van der Waals surface area contributed by atoms with Crippen molar-refractivity contribution in [1.29, 1.82) is 0 Å².